The Morgan fingerprint density at radius 3 is 2.62 bits per heavy atom. The number of rotatable bonds is 1. The molecule has 0 saturated carbocycles. The third-order valence-corrected chi connectivity index (χ3v) is 2.33. The minimum absolute atomic E-state index is 0. The molecule has 1 aliphatic heterocycles. The Bertz CT molecular complexity index is 56.0. The van der Waals surface area contributed by atoms with Crippen LogP contribution in [0.4, 0.5) is 0 Å². The van der Waals surface area contributed by atoms with Crippen LogP contribution < -0.4 is 11.3 Å². The van der Waals surface area contributed by atoms with E-state index in [9.17, 15) is 0 Å². The number of hydrogen-bond donors (Lipinski definition) is 2. The minimum Gasteiger partial charge on any atom is -0.271 e. The summed E-state index contributed by atoms with van der Waals surface area (Å²) >= 11 is 1.96. The maximum absolute atomic E-state index is 5.17. The molecule has 8 heavy (non-hydrogen) atoms. The zero-order chi connectivity index (χ0) is 5.11. The summed E-state index contributed by atoms with van der Waals surface area (Å²) in [6.45, 7) is 0. The van der Waals surface area contributed by atoms with Crippen LogP contribution in [-0.4, -0.2) is 17.5 Å². The van der Waals surface area contributed by atoms with E-state index in [1.165, 1.54) is 17.9 Å². The SMILES string of the molecule is Cl.NNC1CCSC1. The first-order valence-corrected chi connectivity index (χ1v) is 3.63. The summed E-state index contributed by atoms with van der Waals surface area (Å²) in [5.41, 5.74) is 2.74. The molecule has 1 atom stereocenters. The van der Waals surface area contributed by atoms with Gasteiger partial charge in [-0.05, 0) is 12.2 Å². The first kappa shape index (κ1) is 8.56. The fourth-order valence-corrected chi connectivity index (χ4v) is 1.83. The third kappa shape index (κ3) is 2.22. The van der Waals surface area contributed by atoms with Crippen molar-refractivity contribution in [1.29, 1.82) is 0 Å². The Kier molecular flexibility index (Phi) is 4.75. The van der Waals surface area contributed by atoms with Gasteiger partial charge in [0.15, 0.2) is 0 Å². The lowest BCUT2D eigenvalue weighted by Crippen LogP contribution is -2.34. The Morgan fingerprint density at radius 2 is 2.38 bits per heavy atom. The van der Waals surface area contributed by atoms with Crippen LogP contribution in [0.1, 0.15) is 6.42 Å². The fourth-order valence-electron chi connectivity index (χ4n) is 0.666. The van der Waals surface area contributed by atoms with Gasteiger partial charge >= 0.3 is 0 Å². The molecule has 0 radical (unpaired) electrons. The lowest BCUT2D eigenvalue weighted by molar-refractivity contribution is 0.582. The summed E-state index contributed by atoms with van der Waals surface area (Å²) in [4.78, 5) is 0. The molecule has 1 saturated heterocycles. The molecule has 2 nitrogen and oxygen atoms in total. The second-order valence-electron chi connectivity index (χ2n) is 1.73. The largest absolute Gasteiger partial charge is 0.271 e. The van der Waals surface area contributed by atoms with Gasteiger partial charge in [-0.1, -0.05) is 0 Å². The molecule has 0 aromatic rings. The van der Waals surface area contributed by atoms with E-state index >= 15 is 0 Å². The summed E-state index contributed by atoms with van der Waals surface area (Å²) in [5, 5.41) is 0. The molecule has 0 bridgehead atoms. The van der Waals surface area contributed by atoms with Gasteiger partial charge in [-0.25, -0.2) is 0 Å². The number of hydrazine groups is 1. The van der Waals surface area contributed by atoms with E-state index in [1.807, 2.05) is 11.8 Å². The third-order valence-electron chi connectivity index (χ3n) is 1.17. The molecule has 1 unspecified atom stereocenters. The number of hydrogen-bond acceptors (Lipinski definition) is 3. The molecule has 0 aliphatic carbocycles. The molecular weight excluding hydrogens is 144 g/mol. The van der Waals surface area contributed by atoms with Gasteiger partial charge < -0.3 is 0 Å². The van der Waals surface area contributed by atoms with Gasteiger partial charge in [-0.2, -0.15) is 11.8 Å². The van der Waals surface area contributed by atoms with Gasteiger partial charge in [0.25, 0.3) is 0 Å². The maximum atomic E-state index is 5.17. The molecule has 0 aromatic carbocycles. The van der Waals surface area contributed by atoms with Crippen molar-refractivity contribution in [1.82, 2.24) is 5.43 Å². The highest BCUT2D eigenvalue weighted by Crippen LogP contribution is 2.15. The fraction of sp³-hybridized carbons (Fsp3) is 1.00. The quantitative estimate of drug-likeness (QED) is 0.424. The molecular formula is C4H11ClN2S. The summed E-state index contributed by atoms with van der Waals surface area (Å²) in [6, 6.07) is 0.588. The maximum Gasteiger partial charge on any atom is 0.0308 e. The zero-order valence-corrected chi connectivity index (χ0v) is 6.23. The van der Waals surface area contributed by atoms with E-state index in [0.29, 0.717) is 6.04 Å². The second-order valence-corrected chi connectivity index (χ2v) is 2.88. The average molecular weight is 155 g/mol. The van der Waals surface area contributed by atoms with Crippen LogP contribution in [0.2, 0.25) is 0 Å². The van der Waals surface area contributed by atoms with Gasteiger partial charge in [0.2, 0.25) is 0 Å². The van der Waals surface area contributed by atoms with Crippen molar-refractivity contribution in [2.75, 3.05) is 11.5 Å². The summed E-state index contributed by atoms with van der Waals surface area (Å²) in [7, 11) is 0. The van der Waals surface area contributed by atoms with Crippen LogP contribution in [0.3, 0.4) is 0 Å². The van der Waals surface area contributed by atoms with Crippen LogP contribution in [0.5, 0.6) is 0 Å². The predicted molar refractivity (Wildman–Crippen MR) is 40.3 cm³/mol. The molecule has 4 heteroatoms. The van der Waals surface area contributed by atoms with E-state index < -0.39 is 0 Å². The molecule has 0 aromatic heterocycles. The van der Waals surface area contributed by atoms with E-state index in [0.717, 1.165) is 0 Å². The van der Waals surface area contributed by atoms with Gasteiger partial charge in [-0.15, -0.1) is 12.4 Å². The monoisotopic (exact) mass is 154 g/mol. The van der Waals surface area contributed by atoms with Crippen molar-refractivity contribution in [2.45, 2.75) is 12.5 Å². The minimum atomic E-state index is 0. The molecule has 0 spiro atoms. The van der Waals surface area contributed by atoms with Crippen LogP contribution >= 0.6 is 24.2 Å². The smallest absolute Gasteiger partial charge is 0.0308 e. The Hall–Kier alpha value is 0.560. The predicted octanol–water partition coefficient (Wildman–Crippen LogP) is 0.377. The van der Waals surface area contributed by atoms with E-state index in [1.54, 1.807) is 0 Å². The number of nitrogens with two attached hydrogens (primary N) is 1. The van der Waals surface area contributed by atoms with Crippen LogP contribution in [0.15, 0.2) is 0 Å². The van der Waals surface area contributed by atoms with E-state index in [-0.39, 0.29) is 12.4 Å². The van der Waals surface area contributed by atoms with Crippen molar-refractivity contribution in [3.8, 4) is 0 Å². The van der Waals surface area contributed by atoms with Gasteiger partial charge in [0.1, 0.15) is 0 Å². The molecule has 1 aliphatic rings. The summed E-state index contributed by atoms with van der Waals surface area (Å²) < 4.78 is 0. The summed E-state index contributed by atoms with van der Waals surface area (Å²) in [6.07, 6.45) is 1.24. The summed E-state index contributed by atoms with van der Waals surface area (Å²) in [5.74, 6) is 7.63. The first-order chi connectivity index (χ1) is 3.43. The normalized spacial score (nSPS) is 27.4. The number of thioether (sulfide) groups is 1. The van der Waals surface area contributed by atoms with Crippen LogP contribution in [0.25, 0.3) is 0 Å². The van der Waals surface area contributed by atoms with Gasteiger partial charge in [-0.3, -0.25) is 11.3 Å². The number of halogens is 1. The Labute approximate surface area is 60.0 Å². The molecule has 1 fully saturated rings. The molecule has 3 N–H and O–H groups in total. The highest BCUT2D eigenvalue weighted by atomic mass is 35.5. The van der Waals surface area contributed by atoms with Crippen molar-refractivity contribution < 1.29 is 0 Å². The lowest BCUT2D eigenvalue weighted by atomic mass is 10.3. The molecule has 50 valence electrons. The molecule has 0 amide bonds. The van der Waals surface area contributed by atoms with E-state index in [4.69, 9.17) is 5.84 Å². The lowest BCUT2D eigenvalue weighted by Gasteiger charge is -2.01. The van der Waals surface area contributed by atoms with Crippen LogP contribution in [-0.2, 0) is 0 Å². The van der Waals surface area contributed by atoms with Crippen molar-refractivity contribution in [2.24, 2.45) is 5.84 Å². The van der Waals surface area contributed by atoms with Crippen molar-refractivity contribution in [3.63, 3.8) is 0 Å². The highest BCUT2D eigenvalue weighted by molar-refractivity contribution is 7.99. The van der Waals surface area contributed by atoms with Crippen molar-refractivity contribution in [3.05, 3.63) is 0 Å². The molecule has 1 heterocycles. The highest BCUT2D eigenvalue weighted by Gasteiger charge is 2.11. The second kappa shape index (κ2) is 4.44. The van der Waals surface area contributed by atoms with E-state index in [2.05, 4.69) is 5.43 Å². The Morgan fingerprint density at radius 1 is 1.62 bits per heavy atom. The zero-order valence-electron chi connectivity index (χ0n) is 4.59. The van der Waals surface area contributed by atoms with Gasteiger partial charge in [0.05, 0.1) is 0 Å². The van der Waals surface area contributed by atoms with Crippen molar-refractivity contribution >= 4 is 24.2 Å². The standard InChI is InChI=1S/C4H10N2S.ClH/c5-6-4-1-2-7-3-4;/h4,6H,1-3,5H2;1H. The van der Waals surface area contributed by atoms with Crippen LogP contribution in [0, 0.1) is 0 Å². The first-order valence-electron chi connectivity index (χ1n) is 2.47. The average Bonchev–Trinajstić information content (AvgIpc) is 2.14. The van der Waals surface area contributed by atoms with Gasteiger partial charge in [0, 0.05) is 11.8 Å². The number of nitrogens with one attached hydrogen (secondary N) is 1. The molecule has 1 rings (SSSR count). The Balaban J connectivity index is 0.000000490. The topological polar surface area (TPSA) is 38.0 Å².